The van der Waals surface area contributed by atoms with Crippen molar-refractivity contribution in [1.82, 2.24) is 4.72 Å². The second-order valence-corrected chi connectivity index (χ2v) is 10.4. The first kappa shape index (κ1) is 22.2. The lowest BCUT2D eigenvalue weighted by atomic mass is 10.00. The molecule has 3 aromatic carbocycles. The average Bonchev–Trinajstić information content (AvgIpc) is 2.68. The lowest BCUT2D eigenvalue weighted by molar-refractivity contribution is 0.569. The van der Waals surface area contributed by atoms with Crippen LogP contribution in [0.1, 0.15) is 17.2 Å². The van der Waals surface area contributed by atoms with E-state index in [0.29, 0.717) is 16.1 Å². The van der Waals surface area contributed by atoms with Crippen LogP contribution in [-0.4, -0.2) is 23.1 Å². The number of nitrogens with one attached hydrogen (secondary N) is 2. The smallest absolute Gasteiger partial charge is 0.241 e. The van der Waals surface area contributed by atoms with Crippen molar-refractivity contribution >= 4 is 37.3 Å². The van der Waals surface area contributed by atoms with Gasteiger partial charge in [-0.05, 0) is 41.5 Å². The lowest BCUT2D eigenvalue weighted by Crippen LogP contribution is -2.29. The molecule has 0 spiro atoms. The van der Waals surface area contributed by atoms with Crippen molar-refractivity contribution in [3.05, 3.63) is 94.8 Å². The summed E-state index contributed by atoms with van der Waals surface area (Å²) in [5, 5.41) is 0.504. The summed E-state index contributed by atoms with van der Waals surface area (Å²) in [5.41, 5.74) is 0.984. The Morgan fingerprint density at radius 3 is 2.03 bits per heavy atom. The summed E-state index contributed by atoms with van der Waals surface area (Å²) >= 11 is 5.94. The maximum Gasteiger partial charge on any atom is 0.241 e. The molecule has 2 N–H and O–H groups in total. The summed E-state index contributed by atoms with van der Waals surface area (Å²) in [6, 6.07) is 17.8. The van der Waals surface area contributed by atoms with Crippen LogP contribution in [0.3, 0.4) is 0 Å². The van der Waals surface area contributed by atoms with Crippen molar-refractivity contribution in [3.8, 4) is 0 Å². The summed E-state index contributed by atoms with van der Waals surface area (Å²) in [6.07, 6.45) is 0.870. The molecular formula is C20H18ClFN2O4S2. The molecule has 30 heavy (non-hydrogen) atoms. The van der Waals surface area contributed by atoms with Gasteiger partial charge in [-0.1, -0.05) is 54.1 Å². The van der Waals surface area contributed by atoms with Crippen molar-refractivity contribution in [2.75, 3.05) is 11.0 Å². The first-order valence-electron chi connectivity index (χ1n) is 8.65. The Hall–Kier alpha value is -2.46. The highest BCUT2D eigenvalue weighted by Gasteiger charge is 2.24. The summed E-state index contributed by atoms with van der Waals surface area (Å²) < 4.78 is 67.4. The van der Waals surface area contributed by atoms with E-state index in [4.69, 9.17) is 11.6 Å². The molecule has 0 aliphatic carbocycles. The van der Waals surface area contributed by atoms with E-state index in [1.807, 2.05) is 4.72 Å². The van der Waals surface area contributed by atoms with Gasteiger partial charge >= 0.3 is 0 Å². The zero-order valence-corrected chi connectivity index (χ0v) is 18.1. The second-order valence-electron chi connectivity index (χ2n) is 6.53. The molecule has 158 valence electrons. The van der Waals surface area contributed by atoms with E-state index in [1.54, 1.807) is 54.6 Å². The topological polar surface area (TPSA) is 92.3 Å². The van der Waals surface area contributed by atoms with Gasteiger partial charge in [0.15, 0.2) is 0 Å². The molecule has 1 unspecified atom stereocenters. The number of rotatable bonds is 7. The molecule has 0 heterocycles. The van der Waals surface area contributed by atoms with Gasteiger partial charge in [-0.3, -0.25) is 4.72 Å². The zero-order chi connectivity index (χ0) is 21.9. The van der Waals surface area contributed by atoms with Gasteiger partial charge in [0.1, 0.15) is 5.82 Å². The van der Waals surface area contributed by atoms with Crippen LogP contribution in [-0.2, 0) is 20.0 Å². The maximum atomic E-state index is 14.3. The molecule has 3 rings (SSSR count). The van der Waals surface area contributed by atoms with E-state index >= 15 is 0 Å². The number of halogens is 2. The van der Waals surface area contributed by atoms with Gasteiger partial charge in [0.05, 0.1) is 22.9 Å². The maximum absolute atomic E-state index is 14.3. The third-order valence-corrected chi connectivity index (χ3v) is 6.42. The first-order valence-corrected chi connectivity index (χ1v) is 12.4. The highest BCUT2D eigenvalue weighted by molar-refractivity contribution is 7.92. The molecule has 0 aliphatic heterocycles. The normalized spacial score (nSPS) is 13.0. The Bertz CT molecular complexity index is 1250. The van der Waals surface area contributed by atoms with E-state index in [1.165, 1.54) is 0 Å². The Kier molecular flexibility index (Phi) is 6.47. The van der Waals surface area contributed by atoms with Crippen molar-refractivity contribution in [1.29, 1.82) is 0 Å². The number of sulfonamides is 2. The molecule has 0 aromatic heterocycles. The fourth-order valence-electron chi connectivity index (χ4n) is 2.80. The van der Waals surface area contributed by atoms with Gasteiger partial charge < -0.3 is 0 Å². The van der Waals surface area contributed by atoms with E-state index in [9.17, 15) is 21.2 Å². The SMILES string of the molecule is CS(=O)(=O)Nc1ccc(S(=O)(=O)NC(c2ccccc2)c2ccc(Cl)cc2)cc1F. The number of hydrogen-bond acceptors (Lipinski definition) is 4. The molecule has 0 aliphatic rings. The third-order valence-electron chi connectivity index (χ3n) is 4.16. The molecule has 0 saturated heterocycles. The van der Waals surface area contributed by atoms with Gasteiger partial charge in [0.25, 0.3) is 0 Å². The fourth-order valence-corrected chi connectivity index (χ4v) is 4.71. The number of benzene rings is 3. The zero-order valence-electron chi connectivity index (χ0n) is 15.7. The molecule has 0 radical (unpaired) electrons. The molecular weight excluding hydrogens is 451 g/mol. The van der Waals surface area contributed by atoms with Crippen LogP contribution < -0.4 is 9.44 Å². The molecule has 0 amide bonds. The first-order chi connectivity index (χ1) is 14.0. The lowest BCUT2D eigenvalue weighted by Gasteiger charge is -2.20. The molecule has 6 nitrogen and oxygen atoms in total. The molecule has 3 aromatic rings. The Morgan fingerprint density at radius 2 is 1.47 bits per heavy atom. The van der Waals surface area contributed by atoms with Gasteiger partial charge in [-0.2, -0.15) is 4.72 Å². The van der Waals surface area contributed by atoms with Crippen LogP contribution in [0, 0.1) is 5.82 Å². The molecule has 0 fully saturated rings. The average molecular weight is 469 g/mol. The summed E-state index contributed by atoms with van der Waals surface area (Å²) in [4.78, 5) is -0.339. The predicted molar refractivity (Wildman–Crippen MR) is 115 cm³/mol. The molecule has 0 bridgehead atoms. The minimum atomic E-state index is -4.15. The number of hydrogen-bond donors (Lipinski definition) is 2. The van der Waals surface area contributed by atoms with Crippen molar-refractivity contribution in [3.63, 3.8) is 0 Å². The fraction of sp³-hybridized carbons (Fsp3) is 0.100. The third kappa shape index (κ3) is 5.57. The van der Waals surface area contributed by atoms with E-state index < -0.39 is 31.9 Å². The van der Waals surface area contributed by atoms with Gasteiger partial charge in [-0.15, -0.1) is 0 Å². The van der Waals surface area contributed by atoms with Crippen LogP contribution in [0.15, 0.2) is 77.7 Å². The Balaban J connectivity index is 1.97. The van der Waals surface area contributed by atoms with Crippen molar-refractivity contribution in [2.24, 2.45) is 0 Å². The number of anilines is 1. The summed E-state index contributed by atoms with van der Waals surface area (Å²) in [5.74, 6) is -1.01. The summed E-state index contributed by atoms with van der Waals surface area (Å²) in [6.45, 7) is 0. The standard InChI is InChI=1S/C20H18ClFN2O4S2/c1-29(25,26)23-19-12-11-17(13-18(19)22)30(27,28)24-20(14-5-3-2-4-6-14)15-7-9-16(21)10-8-15/h2-13,20,23-24H,1H3. The quantitative estimate of drug-likeness (QED) is 0.549. The van der Waals surface area contributed by atoms with Gasteiger partial charge in [0.2, 0.25) is 20.0 Å². The van der Waals surface area contributed by atoms with Crippen LogP contribution >= 0.6 is 11.6 Å². The molecule has 1 atom stereocenters. The van der Waals surface area contributed by atoms with Gasteiger partial charge in [-0.25, -0.2) is 21.2 Å². The van der Waals surface area contributed by atoms with Gasteiger partial charge in [0, 0.05) is 5.02 Å². The minimum Gasteiger partial charge on any atom is -0.281 e. The molecule has 0 saturated carbocycles. The molecule has 10 heteroatoms. The van der Waals surface area contributed by atoms with E-state index in [0.717, 1.165) is 24.5 Å². The van der Waals surface area contributed by atoms with E-state index in [2.05, 4.69) is 4.72 Å². The highest BCUT2D eigenvalue weighted by Crippen LogP contribution is 2.27. The minimum absolute atomic E-state index is 0.339. The largest absolute Gasteiger partial charge is 0.281 e. The van der Waals surface area contributed by atoms with Crippen LogP contribution in [0.2, 0.25) is 5.02 Å². The monoisotopic (exact) mass is 468 g/mol. The summed E-state index contributed by atoms with van der Waals surface area (Å²) in [7, 11) is -7.86. The van der Waals surface area contributed by atoms with E-state index in [-0.39, 0.29) is 10.6 Å². The van der Waals surface area contributed by atoms with Crippen LogP contribution in [0.4, 0.5) is 10.1 Å². The second kappa shape index (κ2) is 8.73. The predicted octanol–water partition coefficient (Wildman–Crippen LogP) is 3.92. The van der Waals surface area contributed by atoms with Crippen LogP contribution in [0.25, 0.3) is 0 Å². The van der Waals surface area contributed by atoms with Crippen molar-refractivity contribution < 1.29 is 21.2 Å². The van der Waals surface area contributed by atoms with Crippen LogP contribution in [0.5, 0.6) is 0 Å². The van der Waals surface area contributed by atoms with Crippen molar-refractivity contribution in [2.45, 2.75) is 10.9 Å². The Morgan fingerprint density at radius 1 is 0.867 bits per heavy atom. The Labute approximate surface area is 179 Å². The highest BCUT2D eigenvalue weighted by atomic mass is 35.5.